The predicted octanol–water partition coefficient (Wildman–Crippen LogP) is 3.15. The van der Waals surface area contributed by atoms with Crippen LogP contribution in [-0.4, -0.2) is 45.7 Å². The van der Waals surface area contributed by atoms with Gasteiger partial charge in [0.05, 0.1) is 11.6 Å². The van der Waals surface area contributed by atoms with Gasteiger partial charge in [-0.15, -0.1) is 0 Å². The molecule has 2 amide bonds. The lowest BCUT2D eigenvalue weighted by Crippen LogP contribution is -2.26. The summed E-state index contributed by atoms with van der Waals surface area (Å²) in [5.41, 5.74) is 1.46. The summed E-state index contributed by atoms with van der Waals surface area (Å²) in [5, 5.41) is 11.8. The molecule has 11 heteroatoms. The second-order valence-corrected chi connectivity index (χ2v) is 7.09. The third-order valence-electron chi connectivity index (χ3n) is 4.30. The van der Waals surface area contributed by atoms with E-state index in [0.717, 1.165) is 0 Å². The zero-order valence-electron chi connectivity index (χ0n) is 15.7. The molecule has 0 fully saturated rings. The highest BCUT2D eigenvalue weighted by Crippen LogP contribution is 2.31. The minimum absolute atomic E-state index is 0.00698. The van der Waals surface area contributed by atoms with Crippen LogP contribution in [0.5, 0.6) is 5.75 Å². The smallest absolute Gasteiger partial charge is 0.422 e. The Labute approximate surface area is 174 Å². The zero-order chi connectivity index (χ0) is 22.1. The van der Waals surface area contributed by atoms with Gasteiger partial charge in [-0.2, -0.15) is 13.2 Å². The summed E-state index contributed by atoms with van der Waals surface area (Å²) >= 11 is 6.00. The van der Waals surface area contributed by atoms with Crippen LogP contribution in [0.3, 0.4) is 0 Å². The van der Waals surface area contributed by atoms with Gasteiger partial charge < -0.3 is 20.1 Å². The van der Waals surface area contributed by atoms with Crippen molar-refractivity contribution in [1.29, 1.82) is 0 Å². The Morgan fingerprint density at radius 1 is 1.40 bits per heavy atom. The summed E-state index contributed by atoms with van der Waals surface area (Å²) in [5.74, 6) is -0.874. The maximum atomic E-state index is 12.7. The Bertz CT molecular complexity index is 982. The number of ether oxygens (including phenoxy) is 1. The molecule has 30 heavy (non-hydrogen) atoms. The van der Waals surface area contributed by atoms with Crippen molar-refractivity contribution >= 4 is 29.2 Å². The van der Waals surface area contributed by atoms with Gasteiger partial charge in [0.2, 0.25) is 0 Å². The van der Waals surface area contributed by atoms with Gasteiger partial charge in [0.1, 0.15) is 17.7 Å². The van der Waals surface area contributed by atoms with Crippen LogP contribution >= 0.6 is 11.6 Å². The molecule has 1 atom stereocenters. The van der Waals surface area contributed by atoms with E-state index in [1.807, 2.05) is 0 Å². The number of pyridine rings is 1. The molecule has 1 unspecified atom stereocenters. The van der Waals surface area contributed by atoms with Gasteiger partial charge in [-0.3, -0.25) is 9.59 Å². The monoisotopic (exact) mass is 443 g/mol. The standard InChI is InChI=1S/C19H17ClF3N3O4/c1-10(27)17(28)25-16-13-8-26(18(29)12(13)4-5-24-16)7-11-2-3-15(14(20)6-11)30-9-19(21,22)23/h2-6,10,27H,7-9H2,1H3,(H,24,25,28). The van der Waals surface area contributed by atoms with Crippen LogP contribution in [0.4, 0.5) is 19.0 Å². The third kappa shape index (κ3) is 5.00. The number of halogens is 4. The van der Waals surface area contributed by atoms with Gasteiger partial charge in [-0.25, -0.2) is 4.98 Å². The van der Waals surface area contributed by atoms with Crippen molar-refractivity contribution in [2.45, 2.75) is 32.3 Å². The highest BCUT2D eigenvalue weighted by Gasteiger charge is 2.31. The van der Waals surface area contributed by atoms with Gasteiger partial charge in [-0.1, -0.05) is 17.7 Å². The first-order chi connectivity index (χ1) is 14.0. The Morgan fingerprint density at radius 2 is 2.13 bits per heavy atom. The molecule has 1 aliphatic rings. The number of alkyl halides is 3. The molecule has 3 rings (SSSR count). The van der Waals surface area contributed by atoms with E-state index in [4.69, 9.17) is 11.6 Å². The molecule has 2 aromatic rings. The number of anilines is 1. The fourth-order valence-electron chi connectivity index (χ4n) is 2.88. The average Bonchev–Trinajstić information content (AvgIpc) is 2.97. The van der Waals surface area contributed by atoms with E-state index < -0.39 is 24.8 Å². The minimum atomic E-state index is -4.48. The SMILES string of the molecule is CC(O)C(=O)Nc1nccc2c1CN(Cc1ccc(OCC(F)(F)F)c(Cl)c1)C2=O. The van der Waals surface area contributed by atoms with Crippen molar-refractivity contribution in [3.63, 3.8) is 0 Å². The van der Waals surface area contributed by atoms with E-state index in [9.17, 15) is 27.9 Å². The number of aliphatic hydroxyl groups is 1. The number of rotatable bonds is 6. The lowest BCUT2D eigenvalue weighted by Gasteiger charge is -2.17. The van der Waals surface area contributed by atoms with Gasteiger partial charge in [0, 0.05) is 23.9 Å². The Hall–Kier alpha value is -2.85. The molecule has 0 bridgehead atoms. The topological polar surface area (TPSA) is 91.8 Å². The molecule has 0 spiro atoms. The van der Waals surface area contributed by atoms with Crippen LogP contribution in [0.1, 0.15) is 28.4 Å². The second-order valence-electron chi connectivity index (χ2n) is 6.68. The molecule has 0 saturated heterocycles. The third-order valence-corrected chi connectivity index (χ3v) is 4.60. The number of hydrogen-bond donors (Lipinski definition) is 2. The molecule has 0 saturated carbocycles. The van der Waals surface area contributed by atoms with Gasteiger partial charge >= 0.3 is 6.18 Å². The van der Waals surface area contributed by atoms with E-state index in [2.05, 4.69) is 15.0 Å². The van der Waals surface area contributed by atoms with Crippen molar-refractivity contribution in [3.05, 3.63) is 52.2 Å². The molecule has 1 aromatic heterocycles. The summed E-state index contributed by atoms with van der Waals surface area (Å²) in [4.78, 5) is 30.0. The number of benzene rings is 1. The molecule has 0 aliphatic carbocycles. The summed E-state index contributed by atoms with van der Waals surface area (Å²) < 4.78 is 41.5. The summed E-state index contributed by atoms with van der Waals surface area (Å²) in [6, 6.07) is 5.78. The molecule has 0 radical (unpaired) electrons. The average molecular weight is 444 g/mol. The van der Waals surface area contributed by atoms with E-state index in [1.165, 1.54) is 42.3 Å². The number of nitrogens with zero attached hydrogens (tertiary/aromatic N) is 2. The predicted molar refractivity (Wildman–Crippen MR) is 101 cm³/mol. The van der Waals surface area contributed by atoms with Crippen molar-refractivity contribution in [1.82, 2.24) is 9.88 Å². The Kier molecular flexibility index (Phi) is 6.18. The summed E-state index contributed by atoms with van der Waals surface area (Å²) in [6.07, 6.45) is -4.34. The number of aliphatic hydroxyl groups excluding tert-OH is 1. The van der Waals surface area contributed by atoms with Crippen molar-refractivity contribution < 1.29 is 32.6 Å². The number of carbonyl (C=O) groups excluding carboxylic acids is 2. The van der Waals surface area contributed by atoms with Crippen LogP contribution < -0.4 is 10.1 Å². The number of hydrogen-bond acceptors (Lipinski definition) is 5. The van der Waals surface area contributed by atoms with Gasteiger partial charge in [0.15, 0.2) is 6.61 Å². The Balaban J connectivity index is 1.73. The molecule has 1 aromatic carbocycles. The lowest BCUT2D eigenvalue weighted by atomic mass is 10.1. The van der Waals surface area contributed by atoms with E-state index in [-0.39, 0.29) is 35.6 Å². The number of aromatic nitrogens is 1. The van der Waals surface area contributed by atoms with Crippen molar-refractivity contribution in [2.24, 2.45) is 0 Å². The number of carbonyl (C=O) groups is 2. The molecule has 7 nitrogen and oxygen atoms in total. The maximum Gasteiger partial charge on any atom is 0.422 e. The molecule has 2 N–H and O–H groups in total. The van der Waals surface area contributed by atoms with Crippen molar-refractivity contribution in [2.75, 3.05) is 11.9 Å². The quantitative estimate of drug-likeness (QED) is 0.715. The molecular weight excluding hydrogens is 427 g/mol. The van der Waals surface area contributed by atoms with E-state index in [1.54, 1.807) is 0 Å². The largest absolute Gasteiger partial charge is 0.483 e. The lowest BCUT2D eigenvalue weighted by molar-refractivity contribution is -0.153. The highest BCUT2D eigenvalue weighted by molar-refractivity contribution is 6.32. The number of amides is 2. The first-order valence-electron chi connectivity index (χ1n) is 8.79. The van der Waals surface area contributed by atoms with Crippen LogP contribution in [0.2, 0.25) is 5.02 Å². The van der Waals surface area contributed by atoms with Crippen LogP contribution in [0.15, 0.2) is 30.5 Å². The highest BCUT2D eigenvalue weighted by atomic mass is 35.5. The normalized spacial score (nSPS) is 14.5. The van der Waals surface area contributed by atoms with Gasteiger partial charge in [0.25, 0.3) is 11.8 Å². The van der Waals surface area contributed by atoms with Crippen LogP contribution in [0.25, 0.3) is 0 Å². The van der Waals surface area contributed by atoms with E-state index in [0.29, 0.717) is 16.7 Å². The summed E-state index contributed by atoms with van der Waals surface area (Å²) in [6.45, 7) is 0.139. The second kappa shape index (κ2) is 8.49. The Morgan fingerprint density at radius 3 is 2.77 bits per heavy atom. The fraction of sp³-hybridized carbons (Fsp3) is 0.316. The molecule has 2 heterocycles. The fourth-order valence-corrected chi connectivity index (χ4v) is 3.14. The first kappa shape index (κ1) is 21.8. The molecular formula is C19H17ClF3N3O4. The summed E-state index contributed by atoms with van der Waals surface area (Å²) in [7, 11) is 0. The molecule has 1 aliphatic heterocycles. The minimum Gasteiger partial charge on any atom is -0.483 e. The van der Waals surface area contributed by atoms with Gasteiger partial charge in [-0.05, 0) is 30.7 Å². The first-order valence-corrected chi connectivity index (χ1v) is 9.17. The van der Waals surface area contributed by atoms with Crippen LogP contribution in [-0.2, 0) is 17.9 Å². The van der Waals surface area contributed by atoms with Crippen molar-refractivity contribution in [3.8, 4) is 5.75 Å². The maximum absolute atomic E-state index is 12.7. The number of nitrogens with one attached hydrogen (secondary N) is 1. The van der Waals surface area contributed by atoms with E-state index >= 15 is 0 Å². The number of fused-ring (bicyclic) bond motifs is 1. The van der Waals surface area contributed by atoms with Crippen LogP contribution in [0, 0.1) is 0 Å². The molecule has 160 valence electrons. The zero-order valence-corrected chi connectivity index (χ0v) is 16.4.